The molecular weight excluding hydrogens is 292 g/mol. The Bertz CT molecular complexity index is 724. The van der Waals surface area contributed by atoms with Crippen LogP contribution in [0.1, 0.15) is 44.9 Å². The fourth-order valence-electron chi connectivity index (χ4n) is 2.99. The molecular formula is C17H24N4S. The summed E-state index contributed by atoms with van der Waals surface area (Å²) in [6.07, 6.45) is 14.2. The third kappa shape index (κ3) is 3.29. The van der Waals surface area contributed by atoms with Crippen LogP contribution in [0.15, 0.2) is 18.5 Å². The lowest BCUT2D eigenvalue weighted by Gasteiger charge is -2.18. The van der Waals surface area contributed by atoms with E-state index in [1.165, 1.54) is 32.1 Å². The van der Waals surface area contributed by atoms with E-state index in [0.29, 0.717) is 0 Å². The number of H-pyrrole nitrogens is 2. The molecule has 22 heavy (non-hydrogen) atoms. The lowest BCUT2D eigenvalue weighted by Crippen LogP contribution is -2.06. The Labute approximate surface area is 135 Å². The fourth-order valence-corrected chi connectivity index (χ4v) is 3.80. The first-order valence-electron chi connectivity index (χ1n) is 8.15. The number of hydrogen-bond donors (Lipinski definition) is 2. The maximum Gasteiger partial charge on any atom is 0.139 e. The zero-order valence-corrected chi connectivity index (χ0v) is 14.2. The van der Waals surface area contributed by atoms with Gasteiger partial charge in [0.2, 0.25) is 0 Å². The minimum absolute atomic E-state index is 0.895. The van der Waals surface area contributed by atoms with Gasteiger partial charge in [0.1, 0.15) is 17.0 Å². The molecule has 1 aliphatic rings. The molecule has 0 aliphatic heterocycles. The van der Waals surface area contributed by atoms with Crippen molar-refractivity contribution < 1.29 is 0 Å². The Hall–Kier alpha value is -1.49. The molecule has 0 bridgehead atoms. The van der Waals surface area contributed by atoms with Crippen LogP contribution in [-0.2, 0) is 6.42 Å². The van der Waals surface area contributed by atoms with Crippen LogP contribution in [0.5, 0.6) is 0 Å². The van der Waals surface area contributed by atoms with Gasteiger partial charge >= 0.3 is 0 Å². The topological polar surface area (TPSA) is 57.4 Å². The molecule has 0 aromatic carbocycles. The van der Waals surface area contributed by atoms with E-state index in [-0.39, 0.29) is 0 Å². The summed E-state index contributed by atoms with van der Waals surface area (Å²) in [4.78, 5) is 15.1. The summed E-state index contributed by atoms with van der Waals surface area (Å²) in [6, 6.07) is 2.00. The summed E-state index contributed by atoms with van der Waals surface area (Å²) in [5, 5.41) is 2.09. The molecule has 3 aromatic heterocycles. The van der Waals surface area contributed by atoms with E-state index >= 15 is 0 Å². The summed E-state index contributed by atoms with van der Waals surface area (Å²) in [6.45, 7) is 2.08. The highest BCUT2D eigenvalue weighted by Gasteiger charge is 2.10. The minimum Gasteiger partial charge on any atom is -0.346 e. The van der Waals surface area contributed by atoms with E-state index in [0.717, 1.165) is 39.6 Å². The lowest BCUT2D eigenvalue weighted by atomic mass is 10.0. The number of nitrogens with one attached hydrogen (secondary N) is 2. The van der Waals surface area contributed by atoms with Gasteiger partial charge in [-0.2, -0.15) is 11.8 Å². The second kappa shape index (κ2) is 7.18. The predicted molar refractivity (Wildman–Crippen MR) is 95.5 cm³/mol. The number of aromatic amines is 2. The first-order chi connectivity index (χ1) is 10.8. The third-order valence-corrected chi connectivity index (χ3v) is 5.44. The number of pyridine rings is 1. The van der Waals surface area contributed by atoms with Crippen molar-refractivity contribution in [2.24, 2.45) is 0 Å². The molecule has 0 spiro atoms. The SMILES string of the molecule is CCc1nc2c(cnc3[nH]ccc32)[nH]1.CSC1CCCCC1. The van der Waals surface area contributed by atoms with Crippen molar-refractivity contribution >= 4 is 33.8 Å². The summed E-state index contributed by atoms with van der Waals surface area (Å²) >= 11 is 2.05. The van der Waals surface area contributed by atoms with Crippen molar-refractivity contribution in [1.29, 1.82) is 0 Å². The maximum atomic E-state index is 4.52. The average molecular weight is 316 g/mol. The normalized spacial score (nSPS) is 15.9. The van der Waals surface area contributed by atoms with Gasteiger partial charge < -0.3 is 9.97 Å². The van der Waals surface area contributed by atoms with Gasteiger partial charge in [-0.25, -0.2) is 9.97 Å². The highest BCUT2D eigenvalue weighted by molar-refractivity contribution is 7.99. The largest absolute Gasteiger partial charge is 0.346 e. The molecule has 4 rings (SSSR count). The Kier molecular flexibility index (Phi) is 5.03. The molecule has 0 radical (unpaired) electrons. The number of thioether (sulfide) groups is 1. The van der Waals surface area contributed by atoms with E-state index in [1.807, 2.05) is 30.2 Å². The van der Waals surface area contributed by atoms with Gasteiger partial charge in [0.05, 0.1) is 11.7 Å². The van der Waals surface area contributed by atoms with Crippen LogP contribution in [0.25, 0.3) is 22.1 Å². The molecule has 0 amide bonds. The quantitative estimate of drug-likeness (QED) is 0.721. The van der Waals surface area contributed by atoms with E-state index < -0.39 is 0 Å². The Morgan fingerprint density at radius 2 is 2.09 bits per heavy atom. The Balaban J connectivity index is 0.000000154. The highest BCUT2D eigenvalue weighted by Crippen LogP contribution is 2.25. The number of aromatic nitrogens is 4. The second-order valence-corrected chi connectivity index (χ2v) is 6.93. The summed E-state index contributed by atoms with van der Waals surface area (Å²) < 4.78 is 0. The molecule has 0 unspecified atom stereocenters. The molecule has 1 aliphatic carbocycles. The van der Waals surface area contributed by atoms with E-state index in [9.17, 15) is 0 Å². The standard InChI is InChI=1S/C10H10N4.C7H14S/c1-2-8-13-7-5-12-10-6(3-4-11-10)9(7)14-8;1-8-7-5-3-2-4-6-7/h3-5H,2H2,1H3,(H,11,12)(H,13,14);7H,2-6H2,1H3. The molecule has 3 heterocycles. The zero-order valence-electron chi connectivity index (χ0n) is 13.4. The smallest absolute Gasteiger partial charge is 0.139 e. The molecule has 1 saturated carbocycles. The average Bonchev–Trinajstić information content (AvgIpc) is 3.21. The fraction of sp³-hybridized carbons (Fsp3) is 0.529. The van der Waals surface area contributed by atoms with Crippen molar-refractivity contribution in [2.45, 2.75) is 50.7 Å². The van der Waals surface area contributed by atoms with Crippen LogP contribution in [-0.4, -0.2) is 31.4 Å². The number of rotatable bonds is 2. The molecule has 0 saturated heterocycles. The number of aryl methyl sites for hydroxylation is 1. The summed E-state index contributed by atoms with van der Waals surface area (Å²) in [7, 11) is 0. The summed E-state index contributed by atoms with van der Waals surface area (Å²) in [5.41, 5.74) is 2.91. The van der Waals surface area contributed by atoms with Gasteiger partial charge in [0.25, 0.3) is 0 Å². The number of hydrogen-bond acceptors (Lipinski definition) is 3. The molecule has 118 valence electrons. The summed E-state index contributed by atoms with van der Waals surface area (Å²) in [5.74, 6) is 1.01. The van der Waals surface area contributed by atoms with Crippen LogP contribution in [0.3, 0.4) is 0 Å². The van der Waals surface area contributed by atoms with Gasteiger partial charge in [-0.1, -0.05) is 26.2 Å². The monoisotopic (exact) mass is 316 g/mol. The highest BCUT2D eigenvalue weighted by atomic mass is 32.2. The van der Waals surface area contributed by atoms with Gasteiger partial charge in [0, 0.05) is 23.3 Å². The van der Waals surface area contributed by atoms with Crippen molar-refractivity contribution in [3.8, 4) is 0 Å². The number of nitrogens with zero attached hydrogens (tertiary/aromatic N) is 2. The predicted octanol–water partition coefficient (Wildman–Crippen LogP) is 4.68. The van der Waals surface area contributed by atoms with Crippen LogP contribution in [0.4, 0.5) is 0 Å². The van der Waals surface area contributed by atoms with E-state index in [1.54, 1.807) is 0 Å². The molecule has 4 nitrogen and oxygen atoms in total. The Morgan fingerprint density at radius 3 is 2.77 bits per heavy atom. The van der Waals surface area contributed by atoms with E-state index in [2.05, 4.69) is 33.1 Å². The zero-order chi connectivity index (χ0) is 15.4. The van der Waals surface area contributed by atoms with Gasteiger partial charge in [-0.15, -0.1) is 0 Å². The van der Waals surface area contributed by atoms with Crippen LogP contribution < -0.4 is 0 Å². The van der Waals surface area contributed by atoms with Crippen LogP contribution >= 0.6 is 11.8 Å². The molecule has 3 aromatic rings. The second-order valence-electron chi connectivity index (χ2n) is 5.79. The molecule has 0 atom stereocenters. The lowest BCUT2D eigenvalue weighted by molar-refractivity contribution is 0.516. The first kappa shape index (κ1) is 15.4. The molecule has 1 fully saturated rings. The van der Waals surface area contributed by atoms with Crippen molar-refractivity contribution in [3.05, 3.63) is 24.3 Å². The van der Waals surface area contributed by atoms with Crippen LogP contribution in [0, 0.1) is 0 Å². The molecule has 2 N–H and O–H groups in total. The first-order valence-corrected chi connectivity index (χ1v) is 9.44. The van der Waals surface area contributed by atoms with Crippen LogP contribution in [0.2, 0.25) is 0 Å². The van der Waals surface area contributed by atoms with Crippen molar-refractivity contribution in [2.75, 3.05) is 6.26 Å². The van der Waals surface area contributed by atoms with E-state index in [4.69, 9.17) is 0 Å². The van der Waals surface area contributed by atoms with Crippen molar-refractivity contribution in [3.63, 3.8) is 0 Å². The Morgan fingerprint density at radius 1 is 1.27 bits per heavy atom. The minimum atomic E-state index is 0.895. The number of fused-ring (bicyclic) bond motifs is 3. The third-order valence-electron chi connectivity index (χ3n) is 4.30. The van der Waals surface area contributed by atoms with Gasteiger partial charge in [-0.05, 0) is 25.2 Å². The van der Waals surface area contributed by atoms with Gasteiger partial charge in [0.15, 0.2) is 0 Å². The maximum absolute atomic E-state index is 4.52. The van der Waals surface area contributed by atoms with Crippen molar-refractivity contribution in [1.82, 2.24) is 19.9 Å². The molecule has 5 heteroatoms. The van der Waals surface area contributed by atoms with Gasteiger partial charge in [-0.3, -0.25) is 0 Å². The number of imidazole rings is 1.